The van der Waals surface area contributed by atoms with Crippen LogP contribution in [0.25, 0.3) is 0 Å². The van der Waals surface area contributed by atoms with Crippen LogP contribution >= 0.6 is 12.2 Å². The van der Waals surface area contributed by atoms with Crippen LogP contribution in [0.1, 0.15) is 66.1 Å². The molecule has 156 valence electrons. The Labute approximate surface area is 180 Å². The van der Waals surface area contributed by atoms with Gasteiger partial charge in [-0.1, -0.05) is 50.3 Å². The van der Waals surface area contributed by atoms with Crippen molar-refractivity contribution in [1.29, 1.82) is 0 Å². The van der Waals surface area contributed by atoms with Gasteiger partial charge in [-0.25, -0.2) is 0 Å². The first-order valence-corrected chi connectivity index (χ1v) is 10.7. The average molecular weight is 413 g/mol. The Balaban J connectivity index is 1.83. The van der Waals surface area contributed by atoms with Crippen LogP contribution in [0, 0.1) is 20.8 Å². The molecule has 0 heterocycles. The molecule has 0 aliphatic heterocycles. The van der Waals surface area contributed by atoms with E-state index in [1.165, 1.54) is 31.2 Å². The first-order valence-electron chi connectivity index (χ1n) is 10.3. The maximum Gasteiger partial charge on any atom is 0.257 e. The van der Waals surface area contributed by atoms with Crippen LogP contribution in [0.5, 0.6) is 5.75 Å². The van der Waals surface area contributed by atoms with Crippen LogP contribution in [-0.2, 0) is 0 Å². The van der Waals surface area contributed by atoms with Gasteiger partial charge < -0.3 is 10.1 Å². The van der Waals surface area contributed by atoms with E-state index in [2.05, 4.69) is 36.6 Å². The number of nitrogens with one attached hydrogen (secondary N) is 2. The van der Waals surface area contributed by atoms with Crippen molar-refractivity contribution < 1.29 is 9.53 Å². The molecule has 0 spiro atoms. The number of anilines is 1. The summed E-state index contributed by atoms with van der Waals surface area (Å²) in [6, 6.07) is 11.3. The van der Waals surface area contributed by atoms with Crippen LogP contribution in [0.2, 0.25) is 0 Å². The van der Waals surface area contributed by atoms with E-state index in [0.717, 1.165) is 29.0 Å². The maximum absolute atomic E-state index is 12.5. The average Bonchev–Trinajstić information content (AvgIpc) is 2.68. The predicted molar refractivity (Wildman–Crippen MR) is 125 cm³/mol. The Morgan fingerprint density at radius 3 is 2.21 bits per heavy atom. The van der Waals surface area contributed by atoms with Gasteiger partial charge in [0.1, 0.15) is 5.75 Å². The lowest BCUT2D eigenvalue weighted by Gasteiger charge is -2.15. The second-order valence-electron chi connectivity index (χ2n) is 7.47. The first-order chi connectivity index (χ1) is 13.9. The summed E-state index contributed by atoms with van der Waals surface area (Å²) in [4.78, 5) is 12.5. The number of carbonyl (C=O) groups excluding carboxylic acids is 1. The summed E-state index contributed by atoms with van der Waals surface area (Å²) >= 11 is 5.32. The van der Waals surface area contributed by atoms with E-state index in [1.54, 1.807) is 12.1 Å². The summed E-state index contributed by atoms with van der Waals surface area (Å²) < 4.78 is 5.75. The summed E-state index contributed by atoms with van der Waals surface area (Å²) in [6.07, 6.45) is 6.03. The van der Waals surface area contributed by atoms with Crippen molar-refractivity contribution in [3.63, 3.8) is 0 Å². The molecule has 0 saturated carbocycles. The van der Waals surface area contributed by atoms with Crippen molar-refractivity contribution >= 4 is 28.9 Å². The Morgan fingerprint density at radius 2 is 1.59 bits per heavy atom. The minimum absolute atomic E-state index is 0.240. The van der Waals surface area contributed by atoms with Gasteiger partial charge in [-0.2, -0.15) is 0 Å². The molecule has 1 amide bonds. The summed E-state index contributed by atoms with van der Waals surface area (Å²) in [7, 11) is 0. The molecule has 0 atom stereocenters. The zero-order valence-electron chi connectivity index (χ0n) is 17.9. The molecular weight excluding hydrogens is 380 g/mol. The molecule has 5 heteroatoms. The van der Waals surface area contributed by atoms with Crippen LogP contribution in [0.15, 0.2) is 36.4 Å². The third-order valence-corrected chi connectivity index (χ3v) is 4.98. The second-order valence-corrected chi connectivity index (χ2v) is 7.88. The Bertz CT molecular complexity index is 808. The fraction of sp³-hybridized carbons (Fsp3) is 0.417. The van der Waals surface area contributed by atoms with E-state index in [0.29, 0.717) is 12.2 Å². The van der Waals surface area contributed by atoms with Crippen molar-refractivity contribution in [2.75, 3.05) is 11.9 Å². The lowest BCUT2D eigenvalue weighted by molar-refractivity contribution is 0.0977. The lowest BCUT2D eigenvalue weighted by Crippen LogP contribution is -2.34. The van der Waals surface area contributed by atoms with Crippen LogP contribution < -0.4 is 15.4 Å². The maximum atomic E-state index is 12.5. The van der Waals surface area contributed by atoms with Crippen molar-refractivity contribution in [3.8, 4) is 5.75 Å². The predicted octanol–water partition coefficient (Wildman–Crippen LogP) is 6.09. The van der Waals surface area contributed by atoms with Gasteiger partial charge in [-0.05, 0) is 74.8 Å². The van der Waals surface area contributed by atoms with E-state index >= 15 is 0 Å². The zero-order chi connectivity index (χ0) is 21.2. The minimum atomic E-state index is -0.240. The largest absolute Gasteiger partial charge is 0.494 e. The van der Waals surface area contributed by atoms with Crippen molar-refractivity contribution in [3.05, 3.63) is 58.7 Å². The van der Waals surface area contributed by atoms with Gasteiger partial charge in [0, 0.05) is 11.3 Å². The standard InChI is InChI=1S/C24H32N2O2S/c1-5-6-7-8-9-14-28-21-12-10-20(11-13-21)23(27)26-24(29)25-22-18(3)15-17(2)16-19(22)4/h10-13,15-16H,5-9,14H2,1-4H3,(H2,25,26,27,29). The van der Waals surface area contributed by atoms with Gasteiger partial charge >= 0.3 is 0 Å². The van der Waals surface area contributed by atoms with Gasteiger partial charge in [0.25, 0.3) is 5.91 Å². The van der Waals surface area contributed by atoms with Gasteiger partial charge in [0.05, 0.1) is 6.61 Å². The SMILES string of the molecule is CCCCCCCOc1ccc(C(=O)NC(=S)Nc2c(C)cc(C)cc2C)cc1. The number of rotatable bonds is 9. The number of thiocarbonyl (C=S) groups is 1. The molecule has 2 rings (SSSR count). The highest BCUT2D eigenvalue weighted by Crippen LogP contribution is 2.22. The molecule has 2 aromatic carbocycles. The molecule has 0 unspecified atom stereocenters. The lowest BCUT2D eigenvalue weighted by atomic mass is 10.1. The fourth-order valence-electron chi connectivity index (χ4n) is 3.30. The Kier molecular flexibility index (Phi) is 9.13. The number of aryl methyl sites for hydroxylation is 3. The second kappa shape index (κ2) is 11.6. The normalized spacial score (nSPS) is 10.5. The number of hydrogen-bond acceptors (Lipinski definition) is 3. The number of amides is 1. The molecule has 2 N–H and O–H groups in total. The van der Waals surface area contributed by atoms with E-state index in [1.807, 2.05) is 26.0 Å². The van der Waals surface area contributed by atoms with Gasteiger partial charge in [0.15, 0.2) is 5.11 Å². The third kappa shape index (κ3) is 7.50. The van der Waals surface area contributed by atoms with Crippen molar-refractivity contribution in [2.45, 2.75) is 59.8 Å². The van der Waals surface area contributed by atoms with Crippen LogP contribution in [0.3, 0.4) is 0 Å². The minimum Gasteiger partial charge on any atom is -0.494 e. The number of unbranched alkanes of at least 4 members (excludes halogenated alkanes) is 4. The number of hydrogen-bond donors (Lipinski definition) is 2. The van der Waals surface area contributed by atoms with Crippen molar-refractivity contribution in [1.82, 2.24) is 5.32 Å². The molecule has 0 radical (unpaired) electrons. The molecule has 29 heavy (non-hydrogen) atoms. The molecule has 4 nitrogen and oxygen atoms in total. The molecule has 0 bridgehead atoms. The molecule has 0 fully saturated rings. The Hall–Kier alpha value is -2.40. The van der Waals surface area contributed by atoms with Gasteiger partial charge in [-0.3, -0.25) is 10.1 Å². The van der Waals surface area contributed by atoms with Crippen LogP contribution in [0.4, 0.5) is 5.69 Å². The van der Waals surface area contributed by atoms with E-state index < -0.39 is 0 Å². The monoisotopic (exact) mass is 412 g/mol. The molecule has 2 aromatic rings. The highest BCUT2D eigenvalue weighted by atomic mass is 32.1. The van der Waals surface area contributed by atoms with E-state index in [-0.39, 0.29) is 11.0 Å². The Morgan fingerprint density at radius 1 is 0.966 bits per heavy atom. The summed E-state index contributed by atoms with van der Waals surface area (Å²) in [6.45, 7) is 9.02. The number of ether oxygens (including phenoxy) is 1. The number of benzene rings is 2. The smallest absolute Gasteiger partial charge is 0.257 e. The molecule has 0 aromatic heterocycles. The number of carbonyl (C=O) groups is 1. The molecule has 0 saturated heterocycles. The molecular formula is C24H32N2O2S. The summed E-state index contributed by atoms with van der Waals surface area (Å²) in [5.41, 5.74) is 4.86. The first kappa shape index (κ1) is 22.9. The topological polar surface area (TPSA) is 50.4 Å². The van der Waals surface area contributed by atoms with Gasteiger partial charge in [0.2, 0.25) is 0 Å². The molecule has 0 aliphatic carbocycles. The highest BCUT2D eigenvalue weighted by molar-refractivity contribution is 7.80. The summed E-state index contributed by atoms with van der Waals surface area (Å²) in [5.74, 6) is 0.541. The zero-order valence-corrected chi connectivity index (χ0v) is 18.7. The molecule has 0 aliphatic rings. The van der Waals surface area contributed by atoms with Crippen molar-refractivity contribution in [2.24, 2.45) is 0 Å². The quantitative estimate of drug-likeness (QED) is 0.387. The fourth-order valence-corrected chi connectivity index (χ4v) is 3.49. The summed E-state index contributed by atoms with van der Waals surface area (Å²) in [5, 5.41) is 6.18. The van der Waals surface area contributed by atoms with Crippen LogP contribution in [-0.4, -0.2) is 17.6 Å². The van der Waals surface area contributed by atoms with E-state index in [9.17, 15) is 4.79 Å². The highest BCUT2D eigenvalue weighted by Gasteiger charge is 2.10. The van der Waals surface area contributed by atoms with E-state index in [4.69, 9.17) is 17.0 Å². The third-order valence-electron chi connectivity index (χ3n) is 4.78. The van der Waals surface area contributed by atoms with Gasteiger partial charge in [-0.15, -0.1) is 0 Å².